The van der Waals surface area contributed by atoms with Gasteiger partial charge in [0.25, 0.3) is 0 Å². The van der Waals surface area contributed by atoms with Gasteiger partial charge in [0.15, 0.2) is 0 Å². The summed E-state index contributed by atoms with van der Waals surface area (Å²) in [6.07, 6.45) is 8.26. The second kappa shape index (κ2) is 9.72. The van der Waals surface area contributed by atoms with Crippen molar-refractivity contribution < 1.29 is 4.79 Å². The lowest BCUT2D eigenvalue weighted by Crippen LogP contribution is -2.54. The van der Waals surface area contributed by atoms with Gasteiger partial charge in [-0.3, -0.25) is 4.79 Å². The number of amides is 1. The average molecular weight is 463 g/mol. The van der Waals surface area contributed by atoms with Crippen molar-refractivity contribution in [2.24, 2.45) is 17.8 Å². The quantitative estimate of drug-likeness (QED) is 0.605. The Hall–Kier alpha value is -2.96. The molecule has 0 bridgehead atoms. The van der Waals surface area contributed by atoms with E-state index in [1.807, 2.05) is 0 Å². The molecular formula is C25H34N8O. The summed E-state index contributed by atoms with van der Waals surface area (Å²) in [4.78, 5) is 14.7. The van der Waals surface area contributed by atoms with Crippen LogP contribution in [0.25, 0.3) is 0 Å². The van der Waals surface area contributed by atoms with Crippen molar-refractivity contribution in [3.63, 3.8) is 0 Å². The van der Waals surface area contributed by atoms with Crippen LogP contribution >= 0.6 is 0 Å². The summed E-state index contributed by atoms with van der Waals surface area (Å²) < 4.78 is 0. The molecule has 6 atom stereocenters. The van der Waals surface area contributed by atoms with E-state index in [2.05, 4.69) is 75.4 Å². The standard InChI is InChI=1S/C25H34N8O/c1-16(2)23(33-28-13-14-29-33)17-7-9-19(10-8-17)30-24-22-21(11-12-27-25(22)34)32(31-24)20-6-4-3-5-18(20)15-26/h7-10,13-14,16,18,20-24,30-31H,3-6,11-12H2,1-2H3,(H,27,34)/t18-,20+,21?,22?,23?,24?/m1/s1. The van der Waals surface area contributed by atoms with Crippen molar-refractivity contribution in [1.29, 1.82) is 5.26 Å². The minimum atomic E-state index is -0.217. The summed E-state index contributed by atoms with van der Waals surface area (Å²) in [7, 11) is 0. The van der Waals surface area contributed by atoms with Gasteiger partial charge < -0.3 is 10.6 Å². The van der Waals surface area contributed by atoms with E-state index in [1.54, 1.807) is 17.2 Å². The lowest BCUT2D eigenvalue weighted by molar-refractivity contribution is -0.128. The van der Waals surface area contributed by atoms with Crippen LogP contribution in [0.2, 0.25) is 0 Å². The number of carbonyl (C=O) groups is 1. The molecule has 180 valence electrons. The van der Waals surface area contributed by atoms with Crippen LogP contribution in [-0.2, 0) is 4.79 Å². The average Bonchev–Trinajstić information content (AvgIpc) is 3.49. The molecule has 1 amide bonds. The zero-order chi connectivity index (χ0) is 23.7. The Kier molecular flexibility index (Phi) is 6.53. The first-order chi connectivity index (χ1) is 16.6. The van der Waals surface area contributed by atoms with Gasteiger partial charge in [0.2, 0.25) is 5.91 Å². The number of carbonyl (C=O) groups excluding carboxylic acids is 1. The van der Waals surface area contributed by atoms with Gasteiger partial charge in [-0.1, -0.05) is 38.8 Å². The summed E-state index contributed by atoms with van der Waals surface area (Å²) in [6.45, 7) is 5.01. The number of benzene rings is 1. The van der Waals surface area contributed by atoms with Gasteiger partial charge in [0.1, 0.15) is 6.17 Å². The molecule has 4 unspecified atom stereocenters. The fourth-order valence-corrected chi connectivity index (χ4v) is 6.01. The summed E-state index contributed by atoms with van der Waals surface area (Å²) in [5.41, 5.74) is 5.71. The Bertz CT molecular complexity index is 1010. The first-order valence-electron chi connectivity index (χ1n) is 12.5. The smallest absolute Gasteiger partial charge is 0.228 e. The largest absolute Gasteiger partial charge is 0.368 e. The third-order valence-corrected chi connectivity index (χ3v) is 7.61. The fourth-order valence-electron chi connectivity index (χ4n) is 6.01. The van der Waals surface area contributed by atoms with E-state index in [4.69, 9.17) is 0 Å². The highest BCUT2D eigenvalue weighted by Crippen LogP contribution is 2.36. The number of piperidine rings is 1. The molecule has 2 aliphatic heterocycles. The van der Waals surface area contributed by atoms with Crippen molar-refractivity contribution in [2.45, 2.75) is 70.2 Å². The maximum atomic E-state index is 12.9. The van der Waals surface area contributed by atoms with Gasteiger partial charge in [-0.15, -0.1) is 0 Å². The molecule has 0 radical (unpaired) electrons. The van der Waals surface area contributed by atoms with Crippen molar-refractivity contribution in [3.8, 4) is 6.07 Å². The Balaban J connectivity index is 1.35. The van der Waals surface area contributed by atoms with Crippen molar-refractivity contribution in [1.82, 2.24) is 30.7 Å². The number of anilines is 1. The van der Waals surface area contributed by atoms with Crippen molar-refractivity contribution in [2.75, 3.05) is 11.9 Å². The number of hydrogen-bond donors (Lipinski definition) is 3. The topological polar surface area (TPSA) is 111 Å². The molecule has 1 aliphatic carbocycles. The van der Waals surface area contributed by atoms with Gasteiger partial charge in [-0.2, -0.15) is 20.3 Å². The highest BCUT2D eigenvalue weighted by atomic mass is 16.2. The highest BCUT2D eigenvalue weighted by Gasteiger charge is 2.51. The number of nitrogens with one attached hydrogen (secondary N) is 3. The third kappa shape index (κ3) is 4.28. The number of rotatable bonds is 6. The third-order valence-electron chi connectivity index (χ3n) is 7.61. The van der Waals surface area contributed by atoms with E-state index in [-0.39, 0.29) is 42.0 Å². The van der Waals surface area contributed by atoms with E-state index in [0.717, 1.165) is 43.4 Å². The molecule has 0 spiro atoms. The van der Waals surface area contributed by atoms with Crippen LogP contribution in [0.1, 0.15) is 57.6 Å². The Morgan fingerprint density at radius 2 is 1.82 bits per heavy atom. The molecule has 9 nitrogen and oxygen atoms in total. The fraction of sp³-hybridized carbons (Fsp3) is 0.600. The summed E-state index contributed by atoms with van der Waals surface area (Å²) in [5.74, 6) is 0.223. The summed E-state index contributed by atoms with van der Waals surface area (Å²) >= 11 is 0. The molecule has 1 aromatic carbocycles. The molecule has 3 heterocycles. The lowest BCUT2D eigenvalue weighted by Gasteiger charge is -2.39. The molecule has 3 N–H and O–H groups in total. The number of nitriles is 1. The highest BCUT2D eigenvalue weighted by molar-refractivity contribution is 5.82. The van der Waals surface area contributed by atoms with E-state index in [9.17, 15) is 10.1 Å². The van der Waals surface area contributed by atoms with Gasteiger partial charge in [0.05, 0.1) is 36.3 Å². The minimum absolute atomic E-state index is 0.00814. The molecule has 5 rings (SSSR count). The van der Waals surface area contributed by atoms with Gasteiger partial charge in [-0.05, 0) is 42.9 Å². The normalized spacial score (nSPS) is 30.4. The zero-order valence-corrected chi connectivity index (χ0v) is 19.9. The maximum Gasteiger partial charge on any atom is 0.228 e. The number of hydrazine groups is 1. The van der Waals surface area contributed by atoms with Crippen LogP contribution in [0.3, 0.4) is 0 Å². The second-order valence-electron chi connectivity index (χ2n) is 10.1. The first kappa shape index (κ1) is 22.8. The number of hydrogen-bond acceptors (Lipinski definition) is 7. The van der Waals surface area contributed by atoms with E-state index >= 15 is 0 Å². The lowest BCUT2D eigenvalue weighted by atomic mass is 9.83. The minimum Gasteiger partial charge on any atom is -0.368 e. The molecule has 3 fully saturated rings. The van der Waals surface area contributed by atoms with E-state index < -0.39 is 0 Å². The SMILES string of the molecule is CC(C)C(c1ccc(NC2NN([C@H]3CCCC[C@@H]3C#N)C3CCNC(=O)C23)cc1)n1nccn1. The molecular weight excluding hydrogens is 428 g/mol. The monoisotopic (exact) mass is 462 g/mol. The van der Waals surface area contributed by atoms with Crippen LogP contribution < -0.4 is 16.1 Å². The Morgan fingerprint density at radius 1 is 1.09 bits per heavy atom. The number of aromatic nitrogens is 3. The van der Waals surface area contributed by atoms with Gasteiger partial charge >= 0.3 is 0 Å². The molecule has 1 saturated carbocycles. The molecule has 2 saturated heterocycles. The van der Waals surface area contributed by atoms with Crippen molar-refractivity contribution in [3.05, 3.63) is 42.2 Å². The van der Waals surface area contributed by atoms with Crippen LogP contribution in [0.5, 0.6) is 0 Å². The predicted octanol–water partition coefficient (Wildman–Crippen LogP) is 2.67. The van der Waals surface area contributed by atoms with Crippen molar-refractivity contribution >= 4 is 11.6 Å². The van der Waals surface area contributed by atoms with Crippen LogP contribution in [0.15, 0.2) is 36.7 Å². The first-order valence-corrected chi connectivity index (χ1v) is 12.5. The summed E-state index contributed by atoms with van der Waals surface area (Å²) in [6, 6.07) is 11.2. The zero-order valence-electron chi connectivity index (χ0n) is 19.9. The molecule has 34 heavy (non-hydrogen) atoms. The molecule has 1 aromatic heterocycles. The second-order valence-corrected chi connectivity index (χ2v) is 10.1. The number of nitrogens with zero attached hydrogens (tertiary/aromatic N) is 5. The van der Waals surface area contributed by atoms with Crippen LogP contribution in [0, 0.1) is 29.1 Å². The Morgan fingerprint density at radius 3 is 2.53 bits per heavy atom. The van der Waals surface area contributed by atoms with Crippen LogP contribution in [-0.4, -0.2) is 50.7 Å². The van der Waals surface area contributed by atoms with E-state index in [1.165, 1.54) is 0 Å². The molecule has 3 aliphatic rings. The Labute approximate surface area is 200 Å². The number of fused-ring (bicyclic) bond motifs is 1. The van der Waals surface area contributed by atoms with Crippen LogP contribution in [0.4, 0.5) is 5.69 Å². The van der Waals surface area contributed by atoms with Gasteiger partial charge in [0, 0.05) is 24.3 Å². The maximum absolute atomic E-state index is 12.9. The van der Waals surface area contributed by atoms with Gasteiger partial charge in [-0.25, -0.2) is 10.4 Å². The summed E-state index contributed by atoms with van der Waals surface area (Å²) in [5, 5.41) is 27.3. The molecule has 2 aromatic rings. The van der Waals surface area contributed by atoms with E-state index in [0.29, 0.717) is 12.5 Å². The predicted molar refractivity (Wildman–Crippen MR) is 128 cm³/mol. The molecule has 9 heteroatoms.